The van der Waals surface area contributed by atoms with Crippen LogP contribution in [0.2, 0.25) is 0 Å². The van der Waals surface area contributed by atoms with Gasteiger partial charge in [-0.3, -0.25) is 4.79 Å². The molecule has 2 N–H and O–H groups in total. The summed E-state index contributed by atoms with van der Waals surface area (Å²) in [7, 11) is 0. The van der Waals surface area contributed by atoms with E-state index < -0.39 is 0 Å². The Kier molecular flexibility index (Phi) is 5.56. The highest BCUT2D eigenvalue weighted by Gasteiger charge is 2.26. The van der Waals surface area contributed by atoms with Crippen molar-refractivity contribution < 1.29 is 9.90 Å². The van der Waals surface area contributed by atoms with E-state index in [1.165, 1.54) is 0 Å². The third-order valence-electron chi connectivity index (χ3n) is 4.08. The molecule has 1 unspecified atom stereocenters. The Morgan fingerprint density at radius 3 is 2.71 bits per heavy atom. The Morgan fingerprint density at radius 1 is 1.48 bits per heavy atom. The van der Waals surface area contributed by atoms with Gasteiger partial charge >= 0.3 is 0 Å². The first-order valence-electron chi connectivity index (χ1n) is 7.79. The van der Waals surface area contributed by atoms with Gasteiger partial charge in [-0.1, -0.05) is 6.92 Å². The summed E-state index contributed by atoms with van der Waals surface area (Å²) in [5.74, 6) is 1.16. The van der Waals surface area contributed by atoms with Crippen LogP contribution < -0.4 is 5.32 Å². The number of rotatable bonds is 5. The van der Waals surface area contributed by atoms with Crippen LogP contribution in [0.5, 0.6) is 0 Å². The van der Waals surface area contributed by atoms with Crippen molar-refractivity contribution >= 4 is 11.7 Å². The minimum absolute atomic E-state index is 0.0357. The fourth-order valence-electron chi connectivity index (χ4n) is 2.65. The fourth-order valence-corrected chi connectivity index (χ4v) is 2.65. The number of pyridine rings is 1. The zero-order chi connectivity index (χ0) is 15.2. The van der Waals surface area contributed by atoms with Gasteiger partial charge in [-0.25, -0.2) is 4.98 Å². The summed E-state index contributed by atoms with van der Waals surface area (Å²) in [6.07, 6.45) is 4.13. The number of amides is 1. The van der Waals surface area contributed by atoms with Crippen molar-refractivity contribution in [3.05, 3.63) is 23.9 Å². The molecule has 0 aliphatic carbocycles. The summed E-state index contributed by atoms with van der Waals surface area (Å²) in [6.45, 7) is 6.23. The summed E-state index contributed by atoms with van der Waals surface area (Å²) in [5.41, 5.74) is 0.632. The van der Waals surface area contributed by atoms with Crippen molar-refractivity contribution in [3.63, 3.8) is 0 Å². The molecule has 1 fully saturated rings. The van der Waals surface area contributed by atoms with E-state index in [2.05, 4.69) is 17.2 Å². The smallest absolute Gasteiger partial charge is 0.255 e. The molecule has 1 atom stereocenters. The van der Waals surface area contributed by atoms with E-state index in [0.29, 0.717) is 24.6 Å². The second-order valence-electron chi connectivity index (χ2n) is 5.73. The highest BCUT2D eigenvalue weighted by Crippen LogP contribution is 2.21. The number of aliphatic hydroxyl groups is 1. The van der Waals surface area contributed by atoms with Gasteiger partial charge in [0.05, 0.1) is 11.7 Å². The predicted molar refractivity (Wildman–Crippen MR) is 83.3 cm³/mol. The third kappa shape index (κ3) is 4.17. The average Bonchev–Trinajstić information content (AvgIpc) is 2.53. The van der Waals surface area contributed by atoms with Crippen molar-refractivity contribution in [2.24, 2.45) is 5.92 Å². The minimum Gasteiger partial charge on any atom is -0.393 e. The molecule has 2 rings (SSSR count). The van der Waals surface area contributed by atoms with Gasteiger partial charge in [0.2, 0.25) is 0 Å². The summed E-state index contributed by atoms with van der Waals surface area (Å²) >= 11 is 0. The van der Waals surface area contributed by atoms with Crippen LogP contribution in [0.4, 0.5) is 5.82 Å². The number of nitrogens with one attached hydrogen (secondary N) is 1. The molecule has 1 saturated heterocycles. The zero-order valence-corrected chi connectivity index (χ0v) is 12.9. The number of anilines is 1. The molecule has 116 valence electrons. The number of hydrogen-bond acceptors (Lipinski definition) is 4. The quantitative estimate of drug-likeness (QED) is 0.872. The van der Waals surface area contributed by atoms with E-state index in [-0.39, 0.29) is 12.0 Å². The van der Waals surface area contributed by atoms with Crippen molar-refractivity contribution in [2.75, 3.05) is 25.0 Å². The van der Waals surface area contributed by atoms with Crippen LogP contribution in [-0.4, -0.2) is 46.6 Å². The lowest BCUT2D eigenvalue weighted by Gasteiger charge is -2.33. The number of piperidine rings is 1. The first kappa shape index (κ1) is 15.8. The molecule has 1 aliphatic heterocycles. The normalized spacial score (nSPS) is 17.6. The highest BCUT2D eigenvalue weighted by molar-refractivity contribution is 5.94. The monoisotopic (exact) mass is 291 g/mol. The van der Waals surface area contributed by atoms with Gasteiger partial charge in [-0.2, -0.15) is 0 Å². The summed E-state index contributed by atoms with van der Waals surface area (Å²) in [4.78, 5) is 18.5. The Labute approximate surface area is 126 Å². The molecule has 21 heavy (non-hydrogen) atoms. The molecule has 0 aromatic carbocycles. The Bertz CT molecular complexity index is 451. The number of aliphatic hydroxyl groups excluding tert-OH is 1. The molecule has 2 heterocycles. The lowest BCUT2D eigenvalue weighted by Crippen LogP contribution is -2.40. The van der Waals surface area contributed by atoms with Crippen LogP contribution in [0.15, 0.2) is 18.3 Å². The van der Waals surface area contributed by atoms with Crippen LogP contribution in [-0.2, 0) is 0 Å². The van der Waals surface area contributed by atoms with Gasteiger partial charge in [0.1, 0.15) is 5.82 Å². The van der Waals surface area contributed by atoms with Gasteiger partial charge in [-0.15, -0.1) is 0 Å². The molecule has 5 heteroatoms. The van der Waals surface area contributed by atoms with E-state index in [4.69, 9.17) is 0 Å². The fraction of sp³-hybridized carbons (Fsp3) is 0.625. The Balaban J connectivity index is 1.91. The summed E-state index contributed by atoms with van der Waals surface area (Å²) in [5, 5.41) is 12.8. The van der Waals surface area contributed by atoms with Crippen LogP contribution in [0, 0.1) is 5.92 Å². The Hall–Kier alpha value is -1.62. The van der Waals surface area contributed by atoms with E-state index in [9.17, 15) is 9.90 Å². The number of nitrogens with zero attached hydrogens (tertiary/aromatic N) is 2. The predicted octanol–water partition coefficient (Wildman–Crippen LogP) is 2.14. The number of carbonyl (C=O) groups excluding carboxylic acids is 1. The largest absolute Gasteiger partial charge is 0.393 e. The maximum absolute atomic E-state index is 12.4. The molecule has 1 amide bonds. The standard InChI is InChI=1S/C16H25N3O2/c1-3-8-17-15-5-4-14(11-18-15)16(21)19-9-6-13(7-10-19)12(2)20/h4-5,11-13,20H,3,6-10H2,1-2H3,(H,17,18). The third-order valence-corrected chi connectivity index (χ3v) is 4.08. The summed E-state index contributed by atoms with van der Waals surface area (Å²) in [6, 6.07) is 3.68. The maximum atomic E-state index is 12.4. The lowest BCUT2D eigenvalue weighted by atomic mass is 9.92. The molecule has 0 saturated carbocycles. The zero-order valence-electron chi connectivity index (χ0n) is 12.9. The van der Waals surface area contributed by atoms with E-state index in [1.54, 1.807) is 6.20 Å². The highest BCUT2D eigenvalue weighted by atomic mass is 16.3. The first-order valence-corrected chi connectivity index (χ1v) is 7.79. The van der Waals surface area contributed by atoms with Gasteiger partial charge < -0.3 is 15.3 Å². The van der Waals surface area contributed by atoms with Crippen molar-refractivity contribution in [3.8, 4) is 0 Å². The van der Waals surface area contributed by atoms with Crippen LogP contribution >= 0.6 is 0 Å². The van der Waals surface area contributed by atoms with Crippen molar-refractivity contribution in [1.82, 2.24) is 9.88 Å². The van der Waals surface area contributed by atoms with Gasteiger partial charge in [0, 0.05) is 25.8 Å². The second-order valence-corrected chi connectivity index (χ2v) is 5.73. The molecule has 0 radical (unpaired) electrons. The molecular weight excluding hydrogens is 266 g/mol. The van der Waals surface area contributed by atoms with Crippen molar-refractivity contribution in [1.29, 1.82) is 0 Å². The van der Waals surface area contributed by atoms with Crippen LogP contribution in [0.25, 0.3) is 0 Å². The summed E-state index contributed by atoms with van der Waals surface area (Å²) < 4.78 is 0. The molecule has 0 bridgehead atoms. The van der Waals surface area contributed by atoms with Gasteiger partial charge in [0.25, 0.3) is 5.91 Å². The first-order chi connectivity index (χ1) is 10.1. The Morgan fingerprint density at radius 2 is 2.19 bits per heavy atom. The molecular formula is C16H25N3O2. The maximum Gasteiger partial charge on any atom is 0.255 e. The van der Waals surface area contributed by atoms with E-state index >= 15 is 0 Å². The topological polar surface area (TPSA) is 65.5 Å². The molecule has 5 nitrogen and oxygen atoms in total. The number of likely N-dealkylation sites (tertiary alicyclic amines) is 1. The van der Waals surface area contributed by atoms with Gasteiger partial charge in [-0.05, 0) is 44.2 Å². The molecule has 0 spiro atoms. The molecule has 1 aliphatic rings. The SMILES string of the molecule is CCCNc1ccc(C(=O)N2CCC(C(C)O)CC2)cn1. The second kappa shape index (κ2) is 7.41. The number of carbonyl (C=O) groups is 1. The van der Waals surface area contributed by atoms with E-state index in [1.807, 2.05) is 24.0 Å². The number of hydrogen-bond donors (Lipinski definition) is 2. The van der Waals surface area contributed by atoms with Crippen molar-refractivity contribution in [2.45, 2.75) is 39.2 Å². The average molecular weight is 291 g/mol. The minimum atomic E-state index is -0.284. The van der Waals surface area contributed by atoms with Crippen LogP contribution in [0.3, 0.4) is 0 Å². The number of aromatic nitrogens is 1. The van der Waals surface area contributed by atoms with Crippen LogP contribution in [0.1, 0.15) is 43.5 Å². The molecule has 1 aromatic heterocycles. The lowest BCUT2D eigenvalue weighted by molar-refractivity contribution is 0.0521. The van der Waals surface area contributed by atoms with Gasteiger partial charge in [0.15, 0.2) is 0 Å². The molecule has 1 aromatic rings. The van der Waals surface area contributed by atoms with E-state index in [0.717, 1.165) is 31.6 Å².